The molecule has 0 saturated heterocycles. The van der Waals surface area contributed by atoms with Crippen molar-refractivity contribution in [2.24, 2.45) is 40.0 Å². The van der Waals surface area contributed by atoms with Crippen LogP contribution in [0.25, 0.3) is 176 Å². The van der Waals surface area contributed by atoms with Gasteiger partial charge in [-0.2, -0.15) is 0 Å². The topological polar surface area (TPSA) is 68.1 Å². The molecule has 116 heavy (non-hydrogen) atoms. The number of aryl methyl sites for hydroxylation is 10. The van der Waals surface area contributed by atoms with Gasteiger partial charge in [0.05, 0.1) is 22.3 Å². The molecule has 0 spiro atoms. The molecule has 8 nitrogen and oxygen atoms in total. The molecule has 1 aliphatic carbocycles. The maximum absolute atomic E-state index is 8.96. The Morgan fingerprint density at radius 2 is 0.681 bits per heavy atom. The molecule has 0 atom stereocenters. The second-order valence-corrected chi connectivity index (χ2v) is 33.2. The minimum Gasteiger partial charge on any atom is -0.455 e. The van der Waals surface area contributed by atoms with E-state index >= 15 is 0 Å². The molecular formula is C108H102N4O4+4. The number of hydrogen-bond acceptors (Lipinski definition) is 4. The Labute approximate surface area is 689 Å². The summed E-state index contributed by atoms with van der Waals surface area (Å²) >= 11 is 0. The van der Waals surface area contributed by atoms with E-state index in [0.29, 0.717) is 11.1 Å². The summed E-state index contributed by atoms with van der Waals surface area (Å²) in [5, 5.41) is 18.7. The molecule has 0 unspecified atom stereocenters. The van der Waals surface area contributed by atoms with E-state index in [1.54, 1.807) is 6.20 Å². The van der Waals surface area contributed by atoms with Crippen LogP contribution in [-0.4, -0.2) is 0 Å². The average molecular weight is 1530 g/mol. The molecule has 1 aliphatic rings. The Hall–Kier alpha value is -12.5. The highest BCUT2D eigenvalue weighted by atomic mass is 16.3. The molecule has 574 valence electrons. The van der Waals surface area contributed by atoms with Crippen LogP contribution < -0.4 is 18.3 Å². The van der Waals surface area contributed by atoms with Crippen molar-refractivity contribution in [3.63, 3.8) is 0 Å². The lowest BCUT2D eigenvalue weighted by Crippen LogP contribution is -2.33. The standard InChI is InChI=1S/C29H28NO.2C27H26NO.C25H22NO/c1-19-22-11-5-6-12-23(22)28-24-13-7-8-14-26(24)31-29(28)27(19)25-18-21(15-16-30(25)2)17-20-9-3-4-10-20;1-17-19-10-6-7-11-20(19)25-21-12-8-9-13-23(21)29-26(25)24(17)22-15-14-18(16-28(22)5)27(2,3)4;1-17(2)15-19-13-14-28(4)23(16-19)25-18(3)20-9-5-6-10-21(20)26-22-11-7-8-12-24(22)29-27(25)26;1-15-13-21(26(4)14-16(15)2)23-17(3)18-9-5-6-10-19(18)24-20-11-7-8-12-22(20)27-25(23)24/h5-8,11-16,18,20H,3-4,9-10,17H2,1-2H3;6-16H,1-5H3;5-14,16-17H,15H2,1-4H3;5-14H,1-4H3/q4*+1/i17D2;;15D2;2D3. The monoisotopic (exact) mass is 1530 g/mol. The summed E-state index contributed by atoms with van der Waals surface area (Å²) < 4.78 is 92.8. The highest BCUT2D eigenvalue weighted by molar-refractivity contribution is 6.27. The Morgan fingerprint density at radius 1 is 0.362 bits per heavy atom. The summed E-state index contributed by atoms with van der Waals surface area (Å²) in [6.07, 6.45) is 9.35. The van der Waals surface area contributed by atoms with Crippen molar-refractivity contribution in [1.82, 2.24) is 0 Å². The number of benzene rings is 12. The van der Waals surface area contributed by atoms with Gasteiger partial charge in [0.2, 0.25) is 22.8 Å². The van der Waals surface area contributed by atoms with Crippen LogP contribution in [0, 0.1) is 53.3 Å². The first-order valence-corrected chi connectivity index (χ1v) is 40.7. The maximum Gasteiger partial charge on any atom is 0.216 e. The van der Waals surface area contributed by atoms with Gasteiger partial charge < -0.3 is 17.7 Å². The number of nitrogens with zero attached hydrogens (tertiary/aromatic N) is 4. The lowest BCUT2D eigenvalue weighted by molar-refractivity contribution is -0.661. The number of para-hydroxylation sites is 4. The zero-order chi connectivity index (χ0) is 86.2. The molecule has 0 radical (unpaired) electrons. The molecule has 20 aromatic rings. The normalized spacial score (nSPS) is 14.0. The highest BCUT2D eigenvalue weighted by Gasteiger charge is 2.31. The zero-order valence-electron chi connectivity index (χ0n) is 75.7. The molecule has 8 heterocycles. The highest BCUT2D eigenvalue weighted by Crippen LogP contribution is 2.48. The number of furan rings is 4. The summed E-state index contributed by atoms with van der Waals surface area (Å²) in [6, 6.07) is 81.2. The van der Waals surface area contributed by atoms with Gasteiger partial charge in [-0.15, -0.1) is 0 Å². The van der Waals surface area contributed by atoms with Crippen molar-refractivity contribution in [2.45, 2.75) is 120 Å². The van der Waals surface area contributed by atoms with E-state index < -0.39 is 19.6 Å². The quantitative estimate of drug-likeness (QED) is 0.142. The van der Waals surface area contributed by atoms with Gasteiger partial charge in [0.25, 0.3) is 0 Å². The van der Waals surface area contributed by atoms with E-state index in [1.807, 2.05) is 138 Å². The van der Waals surface area contributed by atoms with Gasteiger partial charge >= 0.3 is 0 Å². The zero-order valence-corrected chi connectivity index (χ0v) is 68.7. The predicted octanol–water partition coefficient (Wildman–Crippen LogP) is 27.0. The first kappa shape index (κ1) is 66.9. The van der Waals surface area contributed by atoms with Gasteiger partial charge in [-0.3, -0.25) is 0 Å². The van der Waals surface area contributed by atoms with Crippen molar-refractivity contribution in [2.75, 3.05) is 0 Å². The fourth-order valence-corrected chi connectivity index (χ4v) is 18.3. The van der Waals surface area contributed by atoms with Crippen LogP contribution in [0.15, 0.2) is 279 Å². The van der Waals surface area contributed by atoms with E-state index in [9.17, 15) is 0 Å². The van der Waals surface area contributed by atoms with Gasteiger partial charge in [-0.05, 0) is 184 Å². The summed E-state index contributed by atoms with van der Waals surface area (Å²) in [6.45, 7) is 18.9. The third-order valence-corrected chi connectivity index (χ3v) is 24.2. The molecule has 0 aliphatic heterocycles. The van der Waals surface area contributed by atoms with E-state index in [0.717, 1.165) is 170 Å². The van der Waals surface area contributed by atoms with E-state index in [4.69, 9.17) is 27.3 Å². The number of pyridine rings is 4. The summed E-state index contributed by atoms with van der Waals surface area (Å²) in [5.74, 6) is -0.0426. The first-order chi connectivity index (χ1) is 58.9. The number of fused-ring (bicyclic) bond motifs is 20. The van der Waals surface area contributed by atoms with Crippen LogP contribution in [0.2, 0.25) is 0 Å². The van der Waals surface area contributed by atoms with E-state index in [2.05, 4.69) is 233 Å². The van der Waals surface area contributed by atoms with Crippen molar-refractivity contribution >= 4 is 131 Å². The van der Waals surface area contributed by atoms with Crippen LogP contribution >= 0.6 is 0 Å². The molecular weight excluding hydrogens is 1420 g/mol. The number of aromatic nitrogens is 4. The lowest BCUT2D eigenvalue weighted by atomic mass is 9.87. The van der Waals surface area contributed by atoms with Crippen LogP contribution in [0.5, 0.6) is 0 Å². The Balaban J connectivity index is 0.000000112. The fraction of sp³-hybridized carbons (Fsp3) is 0.222. The molecule has 1 fully saturated rings. The second kappa shape index (κ2) is 30.0. The SMILES string of the molecule is Cc1c(-c2ccc(C(C)(C)C)c[n+]2C)c2oc3ccccc3c2c2ccccc12.[2H]C([2H])([2H])c1c[n+](C)c(-c2c(C)c3ccccc3c3c2oc2ccccc23)cc1C.[2H]C([2H])(c1cc[n+](C)c(-c2c(C)c3ccccc3c3c2oc2ccccc23)c1)C(C)C.[2H]C([2H])(c1cc[n+](C)c(-c2c(C)c3ccccc3c3c2oc2ccccc23)c1)C1CCCC1. The molecule has 21 rings (SSSR count). The Bertz CT molecular complexity index is 7660. The van der Waals surface area contributed by atoms with Crippen LogP contribution in [0.1, 0.15) is 120 Å². The summed E-state index contributed by atoms with van der Waals surface area (Å²) in [5.41, 5.74) is 24.1. The molecule has 0 bridgehead atoms. The molecule has 1 saturated carbocycles. The maximum atomic E-state index is 8.96. The van der Waals surface area contributed by atoms with Crippen molar-refractivity contribution < 1.29 is 45.5 Å². The van der Waals surface area contributed by atoms with Gasteiger partial charge in [-0.25, -0.2) is 18.3 Å². The summed E-state index contributed by atoms with van der Waals surface area (Å²) in [7, 11) is 8.07. The minimum atomic E-state index is -2.15. The fourth-order valence-electron chi connectivity index (χ4n) is 18.3. The van der Waals surface area contributed by atoms with Gasteiger partial charge in [0.1, 0.15) is 72.9 Å². The van der Waals surface area contributed by atoms with Gasteiger partial charge in [0, 0.05) is 100 Å². The van der Waals surface area contributed by atoms with E-state index in [-0.39, 0.29) is 17.3 Å². The largest absolute Gasteiger partial charge is 0.455 e. The molecule has 0 amide bonds. The summed E-state index contributed by atoms with van der Waals surface area (Å²) in [4.78, 5) is 0. The second-order valence-electron chi connectivity index (χ2n) is 33.2. The van der Waals surface area contributed by atoms with Crippen molar-refractivity contribution in [3.8, 4) is 45.0 Å². The van der Waals surface area contributed by atoms with Crippen LogP contribution in [0.4, 0.5) is 0 Å². The van der Waals surface area contributed by atoms with Crippen LogP contribution in [0.3, 0.4) is 0 Å². The average Bonchev–Trinajstić information content (AvgIpc) is 1.70. The number of rotatable bonds is 8. The minimum absolute atomic E-state index is 0.0852. The molecule has 8 heteroatoms. The van der Waals surface area contributed by atoms with Crippen molar-refractivity contribution in [3.05, 3.63) is 311 Å². The smallest absolute Gasteiger partial charge is 0.216 e. The third-order valence-electron chi connectivity index (χ3n) is 24.2. The molecule has 0 N–H and O–H groups in total. The van der Waals surface area contributed by atoms with Crippen LogP contribution in [-0.2, 0) is 46.4 Å². The molecule has 12 aromatic carbocycles. The van der Waals surface area contributed by atoms with Gasteiger partial charge in [0.15, 0.2) is 24.8 Å². The van der Waals surface area contributed by atoms with E-state index in [1.165, 1.54) is 70.9 Å². The number of hydrogen-bond donors (Lipinski definition) is 0. The van der Waals surface area contributed by atoms with Gasteiger partial charge in [-0.1, -0.05) is 230 Å². The lowest BCUT2D eigenvalue weighted by Gasteiger charge is -2.18. The third kappa shape index (κ3) is 13.1. The predicted molar refractivity (Wildman–Crippen MR) is 483 cm³/mol. The Morgan fingerprint density at radius 3 is 1.03 bits per heavy atom. The molecule has 8 aromatic heterocycles. The van der Waals surface area contributed by atoms with Crippen molar-refractivity contribution in [1.29, 1.82) is 0 Å². The Kier molecular flexibility index (Phi) is 17.3. The first-order valence-electron chi connectivity index (χ1n) is 44.2.